The second kappa shape index (κ2) is 5.97. The van der Waals surface area contributed by atoms with Crippen LogP contribution in [-0.2, 0) is 6.54 Å². The van der Waals surface area contributed by atoms with Crippen LogP contribution in [0.4, 0.5) is 0 Å². The van der Waals surface area contributed by atoms with Gasteiger partial charge in [-0.2, -0.15) is 5.10 Å². The Hall–Kier alpha value is -1.69. The van der Waals surface area contributed by atoms with E-state index in [4.69, 9.17) is 0 Å². The lowest BCUT2D eigenvalue weighted by Gasteiger charge is -2.33. The SMILES string of the molecule is CCCn1nc(C(=O)N2CCCC2C(C)(C)O)ccc1=O. The van der Waals surface area contributed by atoms with Crippen molar-refractivity contribution in [1.29, 1.82) is 0 Å². The molecule has 1 aliphatic heterocycles. The van der Waals surface area contributed by atoms with E-state index in [9.17, 15) is 14.7 Å². The molecule has 1 amide bonds. The summed E-state index contributed by atoms with van der Waals surface area (Å²) < 4.78 is 1.32. The molecule has 2 rings (SSSR count). The van der Waals surface area contributed by atoms with Gasteiger partial charge in [-0.05, 0) is 39.2 Å². The first kappa shape index (κ1) is 15.7. The standard InChI is InChI=1S/C15H23N3O3/c1-4-9-18-13(19)8-7-11(16-18)14(20)17-10-5-6-12(17)15(2,3)21/h7-8,12,21H,4-6,9-10H2,1-3H3. The highest BCUT2D eigenvalue weighted by Crippen LogP contribution is 2.27. The Bertz CT molecular complexity index is 574. The van der Waals surface area contributed by atoms with Crippen LogP contribution in [0.3, 0.4) is 0 Å². The number of nitrogens with zero attached hydrogens (tertiary/aromatic N) is 3. The summed E-state index contributed by atoms with van der Waals surface area (Å²) in [5.41, 5.74) is -0.877. The molecule has 2 heterocycles. The number of carbonyl (C=O) groups excluding carboxylic acids is 1. The van der Waals surface area contributed by atoms with Crippen molar-refractivity contribution in [1.82, 2.24) is 14.7 Å². The van der Waals surface area contributed by atoms with Crippen LogP contribution in [0.25, 0.3) is 0 Å². The molecule has 0 aliphatic carbocycles. The third-order valence-electron chi connectivity index (χ3n) is 3.85. The molecule has 0 bridgehead atoms. The van der Waals surface area contributed by atoms with E-state index in [1.54, 1.807) is 18.7 Å². The first-order valence-corrected chi connectivity index (χ1v) is 7.46. The minimum absolute atomic E-state index is 0.200. The zero-order chi connectivity index (χ0) is 15.6. The van der Waals surface area contributed by atoms with Gasteiger partial charge < -0.3 is 10.0 Å². The van der Waals surface area contributed by atoms with E-state index in [1.165, 1.54) is 16.8 Å². The zero-order valence-electron chi connectivity index (χ0n) is 12.9. The summed E-state index contributed by atoms with van der Waals surface area (Å²) in [7, 11) is 0. The largest absolute Gasteiger partial charge is 0.388 e. The minimum atomic E-state index is -0.940. The maximum Gasteiger partial charge on any atom is 0.274 e. The predicted octanol–water partition coefficient (Wildman–Crippen LogP) is 1.03. The van der Waals surface area contributed by atoms with Crippen molar-refractivity contribution in [2.45, 2.75) is 58.2 Å². The van der Waals surface area contributed by atoms with Gasteiger partial charge in [0.25, 0.3) is 11.5 Å². The van der Waals surface area contributed by atoms with Gasteiger partial charge in [0.15, 0.2) is 0 Å². The van der Waals surface area contributed by atoms with Gasteiger partial charge in [-0.25, -0.2) is 4.68 Å². The van der Waals surface area contributed by atoms with Gasteiger partial charge in [-0.3, -0.25) is 9.59 Å². The van der Waals surface area contributed by atoms with E-state index < -0.39 is 5.60 Å². The van der Waals surface area contributed by atoms with E-state index in [0.29, 0.717) is 13.1 Å². The normalized spacial score (nSPS) is 19.0. The van der Waals surface area contributed by atoms with Crippen LogP contribution in [0.5, 0.6) is 0 Å². The van der Waals surface area contributed by atoms with E-state index >= 15 is 0 Å². The molecule has 1 atom stereocenters. The van der Waals surface area contributed by atoms with Gasteiger partial charge in [-0.1, -0.05) is 6.92 Å². The van der Waals surface area contributed by atoms with Crippen LogP contribution in [-0.4, -0.2) is 43.9 Å². The van der Waals surface area contributed by atoms with Crippen molar-refractivity contribution in [2.75, 3.05) is 6.54 Å². The molecule has 0 radical (unpaired) electrons. The Morgan fingerprint density at radius 3 is 2.81 bits per heavy atom. The zero-order valence-corrected chi connectivity index (χ0v) is 12.9. The first-order chi connectivity index (χ1) is 9.84. The van der Waals surface area contributed by atoms with Gasteiger partial charge in [0.05, 0.1) is 11.6 Å². The van der Waals surface area contributed by atoms with Crippen LogP contribution in [0, 0.1) is 0 Å². The monoisotopic (exact) mass is 293 g/mol. The van der Waals surface area contributed by atoms with Crippen molar-refractivity contribution in [3.05, 3.63) is 28.2 Å². The Balaban J connectivity index is 2.27. The molecule has 1 aromatic heterocycles. The summed E-state index contributed by atoms with van der Waals surface area (Å²) in [4.78, 5) is 25.9. The molecule has 1 fully saturated rings. The van der Waals surface area contributed by atoms with Gasteiger partial charge in [0.2, 0.25) is 0 Å². The number of aromatic nitrogens is 2. The molecule has 1 aliphatic rings. The molecule has 0 saturated carbocycles. The minimum Gasteiger partial charge on any atom is -0.388 e. The molecule has 0 aromatic carbocycles. The third-order valence-corrected chi connectivity index (χ3v) is 3.85. The highest BCUT2D eigenvalue weighted by molar-refractivity contribution is 5.92. The number of aryl methyl sites for hydroxylation is 1. The Kier molecular flexibility index (Phi) is 4.46. The number of carbonyl (C=O) groups is 1. The Morgan fingerprint density at radius 1 is 1.48 bits per heavy atom. The number of hydrogen-bond acceptors (Lipinski definition) is 4. The lowest BCUT2D eigenvalue weighted by Crippen LogP contribution is -2.48. The summed E-state index contributed by atoms with van der Waals surface area (Å²) in [5.74, 6) is -0.218. The number of likely N-dealkylation sites (tertiary alicyclic amines) is 1. The fraction of sp³-hybridized carbons (Fsp3) is 0.667. The van der Waals surface area contributed by atoms with E-state index in [0.717, 1.165) is 19.3 Å². The third kappa shape index (κ3) is 3.32. The number of amides is 1. The molecule has 21 heavy (non-hydrogen) atoms. The lowest BCUT2D eigenvalue weighted by atomic mass is 9.96. The van der Waals surface area contributed by atoms with Crippen LogP contribution < -0.4 is 5.56 Å². The number of rotatable bonds is 4. The molecular formula is C15H23N3O3. The van der Waals surface area contributed by atoms with Gasteiger partial charge in [0, 0.05) is 19.2 Å². The van der Waals surface area contributed by atoms with Gasteiger partial charge in [-0.15, -0.1) is 0 Å². The average molecular weight is 293 g/mol. The van der Waals surface area contributed by atoms with Crippen LogP contribution in [0.15, 0.2) is 16.9 Å². The Labute approximate surface area is 124 Å². The molecule has 116 valence electrons. The molecule has 1 unspecified atom stereocenters. The van der Waals surface area contributed by atoms with Crippen molar-refractivity contribution in [3.63, 3.8) is 0 Å². The van der Waals surface area contributed by atoms with Crippen molar-refractivity contribution in [3.8, 4) is 0 Å². The fourth-order valence-electron chi connectivity index (χ4n) is 2.83. The van der Waals surface area contributed by atoms with E-state index in [2.05, 4.69) is 5.10 Å². The molecule has 1 N–H and O–H groups in total. The van der Waals surface area contributed by atoms with Crippen LogP contribution in [0.1, 0.15) is 50.5 Å². The van der Waals surface area contributed by atoms with Crippen molar-refractivity contribution < 1.29 is 9.90 Å². The summed E-state index contributed by atoms with van der Waals surface area (Å²) in [5, 5.41) is 14.4. The second-order valence-corrected chi connectivity index (χ2v) is 6.09. The lowest BCUT2D eigenvalue weighted by molar-refractivity contribution is 0.0000229. The van der Waals surface area contributed by atoms with Crippen LogP contribution >= 0.6 is 0 Å². The smallest absolute Gasteiger partial charge is 0.274 e. The van der Waals surface area contributed by atoms with Gasteiger partial charge >= 0.3 is 0 Å². The number of aliphatic hydroxyl groups is 1. The van der Waals surface area contributed by atoms with Crippen molar-refractivity contribution >= 4 is 5.91 Å². The van der Waals surface area contributed by atoms with Crippen molar-refractivity contribution in [2.24, 2.45) is 0 Å². The average Bonchev–Trinajstić information content (AvgIpc) is 2.90. The Morgan fingerprint density at radius 2 is 2.19 bits per heavy atom. The summed E-state index contributed by atoms with van der Waals surface area (Å²) in [6.07, 6.45) is 2.43. The highest BCUT2D eigenvalue weighted by atomic mass is 16.3. The quantitative estimate of drug-likeness (QED) is 0.899. The summed E-state index contributed by atoms with van der Waals surface area (Å²) in [6, 6.07) is 2.64. The molecule has 1 saturated heterocycles. The summed E-state index contributed by atoms with van der Waals surface area (Å²) >= 11 is 0. The van der Waals surface area contributed by atoms with E-state index in [-0.39, 0.29) is 23.2 Å². The molecule has 1 aromatic rings. The fourth-order valence-corrected chi connectivity index (χ4v) is 2.83. The topological polar surface area (TPSA) is 75.4 Å². The molecule has 0 spiro atoms. The molecule has 6 heteroatoms. The highest BCUT2D eigenvalue weighted by Gasteiger charge is 2.39. The molecular weight excluding hydrogens is 270 g/mol. The van der Waals surface area contributed by atoms with E-state index in [1.807, 2.05) is 6.92 Å². The van der Waals surface area contributed by atoms with Gasteiger partial charge in [0.1, 0.15) is 5.69 Å². The second-order valence-electron chi connectivity index (χ2n) is 6.09. The maximum absolute atomic E-state index is 12.6. The van der Waals surface area contributed by atoms with Crippen LogP contribution in [0.2, 0.25) is 0 Å². The number of hydrogen-bond donors (Lipinski definition) is 1. The summed E-state index contributed by atoms with van der Waals surface area (Å²) in [6.45, 7) is 6.49. The first-order valence-electron chi connectivity index (χ1n) is 7.46. The maximum atomic E-state index is 12.6. The predicted molar refractivity (Wildman–Crippen MR) is 79.1 cm³/mol. The molecule has 6 nitrogen and oxygen atoms in total.